The lowest BCUT2D eigenvalue weighted by molar-refractivity contribution is -0.122. The summed E-state index contributed by atoms with van der Waals surface area (Å²) in [4.78, 5) is 16.2. The molecule has 1 saturated carbocycles. The van der Waals surface area contributed by atoms with Gasteiger partial charge >= 0.3 is 0 Å². The first kappa shape index (κ1) is 26.8. The number of fused-ring (bicyclic) bond motifs is 2. The number of rotatable bonds is 9. The van der Waals surface area contributed by atoms with Crippen molar-refractivity contribution in [3.05, 3.63) is 34.6 Å². The minimum Gasteiger partial charge on any atom is -0.391 e. The minimum atomic E-state index is -2.59. The molecule has 5 rings (SSSR count). The van der Waals surface area contributed by atoms with E-state index in [0.29, 0.717) is 24.8 Å². The molecule has 7 nitrogen and oxygen atoms in total. The Hall–Kier alpha value is -1.81. The highest BCUT2D eigenvalue weighted by atomic mass is 19.3. The maximum Gasteiger partial charge on any atom is 0.255 e. The van der Waals surface area contributed by atoms with Crippen LogP contribution in [0.1, 0.15) is 57.8 Å². The lowest BCUT2D eigenvalue weighted by Gasteiger charge is -2.35. The van der Waals surface area contributed by atoms with Gasteiger partial charge in [0.2, 0.25) is 5.91 Å². The maximum absolute atomic E-state index is 12.4. The number of halogens is 2. The van der Waals surface area contributed by atoms with Gasteiger partial charge in [0, 0.05) is 32.4 Å². The second-order valence-corrected chi connectivity index (χ2v) is 11.5. The van der Waals surface area contributed by atoms with Crippen molar-refractivity contribution < 1.29 is 28.5 Å². The molecular formula is C28H41F2N3O4. The SMILES string of the molecule is CN1C2=C(C[C@H](C3CCOCC3)CC2)C2=CC(C(O)N(C)C3(CCC(=O)NCC(F)F)C[C@@H]3O)=CCC21. The Morgan fingerprint density at radius 2 is 2.03 bits per heavy atom. The number of nitrogens with one attached hydrogen (secondary N) is 1. The van der Waals surface area contributed by atoms with E-state index in [1.807, 2.05) is 0 Å². The third-order valence-corrected chi connectivity index (χ3v) is 9.61. The van der Waals surface area contributed by atoms with Gasteiger partial charge in [-0.1, -0.05) is 6.08 Å². The first-order chi connectivity index (χ1) is 17.7. The van der Waals surface area contributed by atoms with Gasteiger partial charge in [0.05, 0.1) is 24.2 Å². The molecule has 0 radical (unpaired) electrons. The summed E-state index contributed by atoms with van der Waals surface area (Å²) in [7, 11) is 3.96. The van der Waals surface area contributed by atoms with Crippen LogP contribution in [-0.2, 0) is 9.53 Å². The molecular weight excluding hydrogens is 480 g/mol. The number of carbonyl (C=O) groups is 1. The smallest absolute Gasteiger partial charge is 0.255 e. The standard InChI is InChI=1S/C28H41F2N3O4/c1-32-22-5-3-18(17-8-11-37-12-9-17)13-20(22)21-14-19(4-6-23(21)32)27(36)33(2)28(15-24(28)34)10-7-26(35)31-16-25(29)30/h4,14,17-18,23-25,27,34,36H,3,5-13,15-16H2,1-2H3,(H,31,35)/t18-,23?,24+,27?,28?/m1/s1. The van der Waals surface area contributed by atoms with E-state index in [0.717, 1.165) is 56.8 Å². The average molecular weight is 522 g/mol. The van der Waals surface area contributed by atoms with E-state index in [1.54, 1.807) is 11.9 Å². The summed E-state index contributed by atoms with van der Waals surface area (Å²) in [5, 5.41) is 24.1. The highest BCUT2D eigenvalue weighted by molar-refractivity contribution is 5.76. The van der Waals surface area contributed by atoms with E-state index < -0.39 is 36.7 Å². The Kier molecular flexibility index (Phi) is 7.78. The van der Waals surface area contributed by atoms with Crippen LogP contribution in [0.4, 0.5) is 8.78 Å². The summed E-state index contributed by atoms with van der Waals surface area (Å²) in [6.45, 7) is 1.06. The largest absolute Gasteiger partial charge is 0.391 e. The number of aliphatic hydroxyl groups is 2. The normalized spacial score (nSPS) is 32.8. The third kappa shape index (κ3) is 5.24. The number of aliphatic hydroxyl groups excluding tert-OH is 2. The fourth-order valence-corrected chi connectivity index (χ4v) is 7.13. The zero-order valence-electron chi connectivity index (χ0n) is 22.0. The van der Waals surface area contributed by atoms with Crippen molar-refractivity contribution in [2.45, 2.75) is 88.1 Å². The molecule has 5 atom stereocenters. The molecule has 0 aromatic carbocycles. The van der Waals surface area contributed by atoms with Gasteiger partial charge < -0.3 is 25.2 Å². The van der Waals surface area contributed by atoms with E-state index in [-0.39, 0.29) is 6.42 Å². The highest BCUT2D eigenvalue weighted by Gasteiger charge is 2.58. The summed E-state index contributed by atoms with van der Waals surface area (Å²) in [6.07, 6.45) is 7.37. The van der Waals surface area contributed by atoms with E-state index in [9.17, 15) is 23.8 Å². The van der Waals surface area contributed by atoms with Crippen molar-refractivity contribution in [1.82, 2.24) is 15.1 Å². The molecule has 5 aliphatic rings. The molecule has 3 N–H and O–H groups in total. The second kappa shape index (κ2) is 10.8. The van der Waals surface area contributed by atoms with Gasteiger partial charge in [-0.05, 0) is 93.0 Å². The number of hydrogen-bond donors (Lipinski definition) is 3. The average Bonchev–Trinajstić information content (AvgIpc) is 3.50. The molecule has 206 valence electrons. The number of nitrogens with zero attached hydrogens (tertiary/aromatic N) is 2. The van der Waals surface area contributed by atoms with Crippen LogP contribution in [0.25, 0.3) is 0 Å². The van der Waals surface area contributed by atoms with Crippen molar-refractivity contribution in [2.75, 3.05) is 33.9 Å². The van der Waals surface area contributed by atoms with Crippen molar-refractivity contribution in [2.24, 2.45) is 11.8 Å². The summed E-state index contributed by atoms with van der Waals surface area (Å²) in [5.74, 6) is 0.935. The second-order valence-electron chi connectivity index (χ2n) is 11.5. The number of amides is 1. The number of alkyl halides is 2. The quantitative estimate of drug-likeness (QED) is 0.405. The van der Waals surface area contributed by atoms with E-state index in [2.05, 4.69) is 29.4 Å². The van der Waals surface area contributed by atoms with Gasteiger partial charge in [-0.25, -0.2) is 8.78 Å². The zero-order chi connectivity index (χ0) is 26.3. The lowest BCUT2D eigenvalue weighted by Crippen LogP contribution is -2.46. The lowest BCUT2D eigenvalue weighted by atomic mass is 9.74. The van der Waals surface area contributed by atoms with Gasteiger partial charge in [0.15, 0.2) is 0 Å². The Bertz CT molecular complexity index is 976. The maximum atomic E-state index is 12.4. The molecule has 0 aromatic rings. The zero-order valence-corrected chi connectivity index (χ0v) is 22.0. The molecule has 3 unspecified atom stereocenters. The Morgan fingerprint density at radius 3 is 2.70 bits per heavy atom. The molecule has 0 bridgehead atoms. The molecule has 1 saturated heterocycles. The van der Waals surface area contributed by atoms with Crippen LogP contribution in [-0.4, -0.2) is 90.1 Å². The van der Waals surface area contributed by atoms with E-state index in [1.165, 1.54) is 23.3 Å². The van der Waals surface area contributed by atoms with Crippen molar-refractivity contribution >= 4 is 5.91 Å². The van der Waals surface area contributed by atoms with Crippen molar-refractivity contribution in [3.8, 4) is 0 Å². The van der Waals surface area contributed by atoms with Gasteiger partial charge in [-0.15, -0.1) is 0 Å². The van der Waals surface area contributed by atoms with Crippen LogP contribution < -0.4 is 5.32 Å². The van der Waals surface area contributed by atoms with Gasteiger partial charge in [0.1, 0.15) is 6.23 Å². The molecule has 2 heterocycles. The third-order valence-electron chi connectivity index (χ3n) is 9.61. The minimum absolute atomic E-state index is 0.0255. The topological polar surface area (TPSA) is 85.3 Å². The summed E-state index contributed by atoms with van der Waals surface area (Å²) >= 11 is 0. The van der Waals surface area contributed by atoms with Gasteiger partial charge in [-0.2, -0.15) is 0 Å². The van der Waals surface area contributed by atoms with Gasteiger partial charge in [-0.3, -0.25) is 9.69 Å². The Labute approximate surface area is 218 Å². The molecule has 0 spiro atoms. The Morgan fingerprint density at radius 1 is 1.30 bits per heavy atom. The van der Waals surface area contributed by atoms with Crippen LogP contribution in [0.2, 0.25) is 0 Å². The van der Waals surface area contributed by atoms with E-state index in [4.69, 9.17) is 4.74 Å². The van der Waals surface area contributed by atoms with Gasteiger partial charge in [0.25, 0.3) is 6.43 Å². The molecule has 3 aliphatic carbocycles. The number of likely N-dealkylation sites (N-methyl/N-ethyl adjacent to an activating group) is 2. The predicted molar refractivity (Wildman–Crippen MR) is 136 cm³/mol. The van der Waals surface area contributed by atoms with Crippen LogP contribution in [0.3, 0.4) is 0 Å². The first-order valence-corrected chi connectivity index (χ1v) is 13.8. The van der Waals surface area contributed by atoms with Crippen LogP contribution >= 0.6 is 0 Å². The van der Waals surface area contributed by atoms with Crippen molar-refractivity contribution in [3.63, 3.8) is 0 Å². The van der Waals surface area contributed by atoms with E-state index >= 15 is 0 Å². The monoisotopic (exact) mass is 521 g/mol. The fourth-order valence-electron chi connectivity index (χ4n) is 7.13. The predicted octanol–water partition coefficient (Wildman–Crippen LogP) is 2.95. The van der Waals surface area contributed by atoms with Crippen LogP contribution in [0.5, 0.6) is 0 Å². The summed E-state index contributed by atoms with van der Waals surface area (Å²) < 4.78 is 30.4. The summed E-state index contributed by atoms with van der Waals surface area (Å²) in [6, 6.07) is 0.304. The molecule has 37 heavy (non-hydrogen) atoms. The number of ether oxygens (including phenoxy) is 1. The number of allylic oxidation sites excluding steroid dienone is 1. The Balaban J connectivity index is 1.27. The molecule has 1 amide bonds. The molecule has 2 aliphatic heterocycles. The number of carbonyl (C=O) groups excluding carboxylic acids is 1. The molecule has 2 fully saturated rings. The number of hydrogen-bond acceptors (Lipinski definition) is 6. The summed E-state index contributed by atoms with van der Waals surface area (Å²) in [5.41, 5.74) is 4.31. The van der Waals surface area contributed by atoms with Crippen LogP contribution in [0.15, 0.2) is 34.6 Å². The highest BCUT2D eigenvalue weighted by Crippen LogP contribution is 2.50. The van der Waals surface area contributed by atoms with Crippen molar-refractivity contribution in [1.29, 1.82) is 0 Å². The van der Waals surface area contributed by atoms with Crippen LogP contribution in [0, 0.1) is 11.8 Å². The molecule has 0 aromatic heterocycles. The first-order valence-electron chi connectivity index (χ1n) is 13.8. The molecule has 9 heteroatoms. The fraction of sp³-hybridized carbons (Fsp3) is 0.750.